The van der Waals surface area contributed by atoms with Crippen LogP contribution in [0.1, 0.15) is 55.7 Å². The van der Waals surface area contributed by atoms with E-state index in [1.54, 1.807) is 29.5 Å². The third-order valence-electron chi connectivity index (χ3n) is 8.74. The molecule has 1 amide bonds. The molecular formula is C34H37N5O3S. The summed E-state index contributed by atoms with van der Waals surface area (Å²) in [7, 11) is 5.50. The number of carbonyl (C=O) groups is 2. The molecule has 1 aliphatic carbocycles. The van der Waals surface area contributed by atoms with Crippen molar-refractivity contribution in [2.75, 3.05) is 32.5 Å². The molecule has 4 aromatic rings. The number of hydrogen-bond donors (Lipinski definition) is 1. The average molecular weight is 596 g/mol. The Balaban J connectivity index is 1.24. The van der Waals surface area contributed by atoms with Crippen LogP contribution in [0, 0.1) is 6.92 Å². The lowest BCUT2D eigenvalue weighted by atomic mass is 9.95. The summed E-state index contributed by atoms with van der Waals surface area (Å²) in [6.07, 6.45) is 6.62. The number of aryl methyl sites for hydroxylation is 3. The Morgan fingerprint density at radius 1 is 1.02 bits per heavy atom. The van der Waals surface area contributed by atoms with Gasteiger partial charge in [0.05, 0.1) is 10.6 Å². The van der Waals surface area contributed by atoms with E-state index in [9.17, 15) is 14.4 Å². The van der Waals surface area contributed by atoms with Gasteiger partial charge in [0.25, 0.3) is 5.56 Å². The van der Waals surface area contributed by atoms with Crippen molar-refractivity contribution in [1.82, 2.24) is 19.4 Å². The Kier molecular flexibility index (Phi) is 8.03. The Hall–Kier alpha value is -4.08. The summed E-state index contributed by atoms with van der Waals surface area (Å²) in [5.74, 6) is 0.432. The topological polar surface area (TPSA) is 87.5 Å². The monoisotopic (exact) mass is 595 g/mol. The van der Waals surface area contributed by atoms with E-state index < -0.39 is 0 Å². The minimum atomic E-state index is -0.325. The van der Waals surface area contributed by atoms with E-state index >= 15 is 0 Å². The minimum absolute atomic E-state index is 0.0755. The first kappa shape index (κ1) is 29.0. The number of benzene rings is 2. The molecule has 9 heteroatoms. The number of carbonyl (C=O) groups excluding carboxylic acids is 2. The first-order valence-electron chi connectivity index (χ1n) is 14.8. The summed E-state index contributed by atoms with van der Waals surface area (Å²) in [6, 6.07) is 15.3. The number of likely N-dealkylation sites (N-methyl/N-ethyl adjacent to an activating group) is 2. The van der Waals surface area contributed by atoms with Gasteiger partial charge in [-0.25, -0.2) is 4.98 Å². The van der Waals surface area contributed by atoms with Crippen molar-refractivity contribution < 1.29 is 9.59 Å². The van der Waals surface area contributed by atoms with Crippen LogP contribution in [0.2, 0.25) is 0 Å². The highest BCUT2D eigenvalue weighted by molar-refractivity contribution is 7.14. The molecule has 2 aromatic carbocycles. The molecule has 0 spiro atoms. The number of anilines is 2. The normalized spacial score (nSPS) is 17.2. The highest BCUT2D eigenvalue weighted by atomic mass is 32.1. The van der Waals surface area contributed by atoms with E-state index in [2.05, 4.69) is 16.3 Å². The number of ketones is 1. The summed E-state index contributed by atoms with van der Waals surface area (Å²) in [4.78, 5) is 49.9. The van der Waals surface area contributed by atoms with Gasteiger partial charge in [-0.3, -0.25) is 19.3 Å². The lowest BCUT2D eigenvalue weighted by Crippen LogP contribution is -2.48. The zero-order valence-electron chi connectivity index (χ0n) is 25.1. The number of thiophene rings is 1. The maximum absolute atomic E-state index is 13.3. The van der Waals surface area contributed by atoms with Crippen molar-refractivity contribution in [3.8, 4) is 11.3 Å². The maximum Gasteiger partial charge on any atom is 0.293 e. The number of fused-ring (bicyclic) bond motifs is 1. The van der Waals surface area contributed by atoms with Gasteiger partial charge >= 0.3 is 0 Å². The van der Waals surface area contributed by atoms with Gasteiger partial charge in [0.2, 0.25) is 5.91 Å². The van der Waals surface area contributed by atoms with Gasteiger partial charge in [-0.05, 0) is 80.1 Å². The number of aromatic nitrogens is 2. The van der Waals surface area contributed by atoms with Gasteiger partial charge in [0.15, 0.2) is 11.6 Å². The van der Waals surface area contributed by atoms with Gasteiger partial charge in [0, 0.05) is 55.9 Å². The number of hydrogen-bond acceptors (Lipinski definition) is 7. The van der Waals surface area contributed by atoms with Gasteiger partial charge in [-0.1, -0.05) is 30.3 Å². The van der Waals surface area contributed by atoms with Crippen molar-refractivity contribution in [1.29, 1.82) is 0 Å². The second kappa shape index (κ2) is 11.9. The first-order chi connectivity index (χ1) is 20.7. The summed E-state index contributed by atoms with van der Waals surface area (Å²) >= 11 is 1.66. The standard InChI is InChI=1S/C34H37N5O3S/c1-21-23(18-28(40)30-19-24-8-5-6-11-29(24)43-30)9-7-10-26(21)27-20-39(4)34(42)32(36-27)35-25-14-12-22(13-15-25)31-33(41)38(3)17-16-37(31)2/h7,9-10,12-15,19-20,31H,5-6,8,11,16-18H2,1-4H3,(H,35,36)/t31-/m1/s1. The summed E-state index contributed by atoms with van der Waals surface area (Å²) < 4.78 is 1.53. The maximum atomic E-state index is 13.3. The summed E-state index contributed by atoms with van der Waals surface area (Å²) in [5, 5.41) is 3.19. The van der Waals surface area contributed by atoms with Crippen molar-refractivity contribution >= 4 is 34.5 Å². The second-order valence-corrected chi connectivity index (χ2v) is 12.9. The van der Waals surface area contributed by atoms with Crippen LogP contribution in [0.25, 0.3) is 11.3 Å². The molecule has 1 aliphatic heterocycles. The molecule has 1 N–H and O–H groups in total. The zero-order valence-corrected chi connectivity index (χ0v) is 26.0. The third kappa shape index (κ3) is 5.79. The van der Waals surface area contributed by atoms with Crippen LogP contribution in [0.15, 0.2) is 59.5 Å². The molecule has 8 nitrogen and oxygen atoms in total. The van der Waals surface area contributed by atoms with Crippen LogP contribution in [0.4, 0.5) is 11.5 Å². The predicted octanol–water partition coefficient (Wildman–Crippen LogP) is 5.31. The van der Waals surface area contributed by atoms with E-state index in [1.165, 1.54) is 27.8 Å². The molecule has 1 saturated heterocycles. The van der Waals surface area contributed by atoms with Crippen molar-refractivity contribution in [2.24, 2.45) is 7.05 Å². The number of nitrogens with one attached hydrogen (secondary N) is 1. The molecule has 6 rings (SSSR count). The molecule has 0 saturated carbocycles. The molecular weight excluding hydrogens is 558 g/mol. The molecule has 2 aromatic heterocycles. The molecule has 222 valence electrons. The number of rotatable bonds is 7. The number of piperazine rings is 1. The Bertz CT molecular complexity index is 1730. The molecule has 0 radical (unpaired) electrons. The van der Waals surface area contributed by atoms with Crippen molar-refractivity contribution in [3.63, 3.8) is 0 Å². The quantitative estimate of drug-likeness (QED) is 0.292. The molecule has 1 atom stereocenters. The summed E-state index contributed by atoms with van der Waals surface area (Å²) in [5.41, 5.74) is 6.18. The highest BCUT2D eigenvalue weighted by Gasteiger charge is 2.32. The molecule has 0 unspecified atom stereocenters. The fourth-order valence-corrected chi connectivity index (χ4v) is 7.28. The predicted molar refractivity (Wildman–Crippen MR) is 171 cm³/mol. The third-order valence-corrected chi connectivity index (χ3v) is 10.0. The van der Waals surface area contributed by atoms with E-state index in [0.29, 0.717) is 24.3 Å². The molecule has 3 heterocycles. The van der Waals surface area contributed by atoms with E-state index in [4.69, 9.17) is 4.98 Å². The Morgan fingerprint density at radius 2 is 1.79 bits per heavy atom. The summed E-state index contributed by atoms with van der Waals surface area (Å²) in [6.45, 7) is 3.53. The largest absolute Gasteiger partial charge is 0.343 e. The van der Waals surface area contributed by atoms with E-state index in [1.807, 2.05) is 63.5 Å². The molecule has 2 aliphatic rings. The van der Waals surface area contributed by atoms with Gasteiger partial charge in [0.1, 0.15) is 6.04 Å². The van der Waals surface area contributed by atoms with Gasteiger partial charge in [-0.2, -0.15) is 0 Å². The minimum Gasteiger partial charge on any atom is -0.343 e. The smallest absolute Gasteiger partial charge is 0.293 e. The number of Topliss-reactive ketones (excluding diaryl/α,β-unsaturated/α-hetero) is 1. The van der Waals surface area contributed by atoms with Crippen LogP contribution in [0.5, 0.6) is 0 Å². The number of amides is 1. The second-order valence-electron chi connectivity index (χ2n) is 11.7. The van der Waals surface area contributed by atoms with Crippen LogP contribution in [-0.4, -0.2) is 58.2 Å². The highest BCUT2D eigenvalue weighted by Crippen LogP contribution is 2.32. The lowest BCUT2D eigenvalue weighted by molar-refractivity contribution is -0.139. The van der Waals surface area contributed by atoms with Gasteiger partial charge in [-0.15, -0.1) is 11.3 Å². The van der Waals surface area contributed by atoms with Crippen LogP contribution >= 0.6 is 11.3 Å². The molecule has 0 bridgehead atoms. The lowest BCUT2D eigenvalue weighted by Gasteiger charge is -2.37. The van der Waals surface area contributed by atoms with Crippen molar-refractivity contribution in [3.05, 3.63) is 97.1 Å². The fraction of sp³-hybridized carbons (Fsp3) is 0.353. The van der Waals surface area contributed by atoms with Crippen molar-refractivity contribution in [2.45, 2.75) is 45.1 Å². The van der Waals surface area contributed by atoms with Gasteiger partial charge < -0.3 is 14.8 Å². The fourth-order valence-electron chi connectivity index (χ4n) is 6.08. The molecule has 43 heavy (non-hydrogen) atoms. The van der Waals surface area contributed by atoms with E-state index in [-0.39, 0.29) is 29.1 Å². The molecule has 1 fully saturated rings. The van der Waals surface area contributed by atoms with Crippen LogP contribution < -0.4 is 10.9 Å². The van der Waals surface area contributed by atoms with Crippen LogP contribution in [-0.2, 0) is 31.1 Å². The van der Waals surface area contributed by atoms with Crippen LogP contribution in [0.3, 0.4) is 0 Å². The zero-order chi connectivity index (χ0) is 30.2. The Labute approximate surface area is 256 Å². The first-order valence-corrected chi connectivity index (χ1v) is 15.6. The number of nitrogens with zero attached hydrogens (tertiary/aromatic N) is 4. The average Bonchev–Trinajstić information content (AvgIpc) is 3.44. The Morgan fingerprint density at radius 3 is 2.56 bits per heavy atom. The van der Waals surface area contributed by atoms with E-state index in [0.717, 1.165) is 46.5 Å². The SMILES string of the molecule is Cc1c(CC(=O)c2cc3c(s2)CCCC3)cccc1-c1cn(C)c(=O)c(Nc2ccc([C@@H]3C(=O)N(C)CCN3C)cc2)n1.